The Bertz CT molecular complexity index is 889. The van der Waals surface area contributed by atoms with Crippen LogP contribution in [-0.2, 0) is 14.3 Å². The quantitative estimate of drug-likeness (QED) is 0.0324. The molecule has 2 unspecified atom stereocenters. The normalized spacial score (nSPS) is 12.8. The zero-order chi connectivity index (χ0) is 41.5. The van der Waals surface area contributed by atoms with Gasteiger partial charge in [0.15, 0.2) is 0 Å². The first-order chi connectivity index (χ1) is 28.0. The van der Waals surface area contributed by atoms with Gasteiger partial charge in [0.1, 0.15) is 0 Å². The van der Waals surface area contributed by atoms with E-state index in [-0.39, 0.29) is 18.5 Å². The maximum atomic E-state index is 12.4. The molecule has 0 aromatic rings. The van der Waals surface area contributed by atoms with E-state index in [2.05, 4.69) is 31.3 Å². The number of hydrogen-bond acceptors (Lipinski definition) is 5. The molecule has 2 atom stereocenters. The Morgan fingerprint density at radius 1 is 0.474 bits per heavy atom. The van der Waals surface area contributed by atoms with Crippen LogP contribution in [0.2, 0.25) is 0 Å². The molecule has 0 aromatic heterocycles. The molecule has 0 aromatic carbocycles. The highest BCUT2D eigenvalue weighted by atomic mass is 16.5. The lowest BCUT2D eigenvalue weighted by Crippen LogP contribution is -2.45. The minimum absolute atomic E-state index is 0.0125. The molecule has 0 radical (unpaired) electrons. The van der Waals surface area contributed by atoms with E-state index in [1.54, 1.807) is 6.08 Å². The van der Waals surface area contributed by atoms with Crippen molar-refractivity contribution >= 4 is 11.9 Å². The van der Waals surface area contributed by atoms with Crippen LogP contribution in [0.1, 0.15) is 264 Å². The van der Waals surface area contributed by atoms with Gasteiger partial charge in [-0.05, 0) is 57.8 Å². The first kappa shape index (κ1) is 55.3. The molecule has 336 valence electrons. The number of carbonyl (C=O) groups is 2. The van der Waals surface area contributed by atoms with E-state index >= 15 is 0 Å². The summed E-state index contributed by atoms with van der Waals surface area (Å²) >= 11 is 0. The summed E-state index contributed by atoms with van der Waals surface area (Å²) < 4.78 is 5.45. The Hall–Kier alpha value is -1.66. The fourth-order valence-corrected chi connectivity index (χ4v) is 7.57. The average Bonchev–Trinajstić information content (AvgIpc) is 3.21. The Labute approximate surface area is 354 Å². The number of ether oxygens (including phenoxy) is 1. The van der Waals surface area contributed by atoms with Crippen molar-refractivity contribution < 1.29 is 24.5 Å². The lowest BCUT2D eigenvalue weighted by Gasteiger charge is -2.20. The highest BCUT2D eigenvalue weighted by molar-refractivity contribution is 5.76. The maximum Gasteiger partial charge on any atom is 0.305 e. The molecule has 6 nitrogen and oxygen atoms in total. The van der Waals surface area contributed by atoms with Crippen molar-refractivity contribution in [3.63, 3.8) is 0 Å². The summed E-state index contributed by atoms with van der Waals surface area (Å²) in [6.45, 7) is 4.85. The van der Waals surface area contributed by atoms with Gasteiger partial charge in [0.05, 0.1) is 25.4 Å². The van der Waals surface area contributed by atoms with Crippen LogP contribution in [0.15, 0.2) is 24.3 Å². The highest BCUT2D eigenvalue weighted by Gasteiger charge is 2.18. The second kappa shape index (κ2) is 47.0. The number of allylic oxidation sites excluding steroid dienone is 3. The van der Waals surface area contributed by atoms with Crippen molar-refractivity contribution in [1.29, 1.82) is 0 Å². The summed E-state index contributed by atoms with van der Waals surface area (Å²) in [6, 6.07) is -0.634. The molecule has 0 bridgehead atoms. The smallest absolute Gasteiger partial charge is 0.305 e. The number of unbranched alkanes of at least 4 members (excludes halogenated alkanes) is 33. The van der Waals surface area contributed by atoms with Gasteiger partial charge in [0.2, 0.25) is 5.91 Å². The SMILES string of the molecule is CCCCCCC/C=C\CCCCCCCC(=O)OCCCCCCCCCCCCCCCCC(=O)NC(CO)C(O)/C=C/CCCCCCCCCCCC. The number of aliphatic hydroxyl groups is 2. The molecular formula is C51H97NO5. The van der Waals surface area contributed by atoms with Crippen LogP contribution in [0.25, 0.3) is 0 Å². The van der Waals surface area contributed by atoms with E-state index < -0.39 is 12.1 Å². The number of nitrogens with one attached hydrogen (secondary N) is 1. The minimum atomic E-state index is -0.850. The van der Waals surface area contributed by atoms with Gasteiger partial charge < -0.3 is 20.3 Å². The molecule has 0 saturated carbocycles. The zero-order valence-electron chi connectivity index (χ0n) is 38.1. The van der Waals surface area contributed by atoms with Crippen molar-refractivity contribution in [3.8, 4) is 0 Å². The predicted molar refractivity (Wildman–Crippen MR) is 246 cm³/mol. The van der Waals surface area contributed by atoms with Gasteiger partial charge in [0, 0.05) is 12.8 Å². The molecule has 0 aliphatic heterocycles. The van der Waals surface area contributed by atoms with Crippen LogP contribution < -0.4 is 5.32 Å². The number of rotatable bonds is 46. The molecule has 0 aliphatic rings. The van der Waals surface area contributed by atoms with Crippen molar-refractivity contribution in [3.05, 3.63) is 24.3 Å². The van der Waals surface area contributed by atoms with Crippen molar-refractivity contribution in [1.82, 2.24) is 5.32 Å². The average molecular weight is 804 g/mol. The van der Waals surface area contributed by atoms with Gasteiger partial charge in [0.25, 0.3) is 0 Å². The number of carbonyl (C=O) groups excluding carboxylic acids is 2. The molecule has 57 heavy (non-hydrogen) atoms. The molecular weight excluding hydrogens is 707 g/mol. The molecule has 0 saturated heterocycles. The van der Waals surface area contributed by atoms with Crippen LogP contribution in [0.5, 0.6) is 0 Å². The molecule has 0 heterocycles. The summed E-state index contributed by atoms with van der Waals surface area (Å²) in [7, 11) is 0. The Kier molecular flexibility index (Phi) is 45.7. The lowest BCUT2D eigenvalue weighted by atomic mass is 10.0. The Morgan fingerprint density at radius 3 is 1.25 bits per heavy atom. The van der Waals surface area contributed by atoms with E-state index in [1.807, 2.05) is 6.08 Å². The molecule has 0 spiro atoms. The second-order valence-electron chi connectivity index (χ2n) is 17.1. The van der Waals surface area contributed by atoms with Gasteiger partial charge in [-0.15, -0.1) is 0 Å². The summed E-state index contributed by atoms with van der Waals surface area (Å²) in [6.07, 6.45) is 54.5. The standard InChI is InChI=1S/C51H97NO5/c1-3-5-7-9-11-13-15-17-21-25-29-33-37-41-45-51(56)57-46-42-38-34-30-26-22-19-18-20-24-28-32-36-40-44-50(55)52-48(47-53)49(54)43-39-35-31-27-23-16-14-12-10-8-6-4-2/h15,17,39,43,48-49,53-54H,3-14,16,18-38,40-42,44-47H2,1-2H3,(H,52,55)/b17-15-,43-39+. The van der Waals surface area contributed by atoms with Crippen LogP contribution in [0.4, 0.5) is 0 Å². The third kappa shape index (κ3) is 43.7. The van der Waals surface area contributed by atoms with Gasteiger partial charge in [-0.25, -0.2) is 0 Å². The van der Waals surface area contributed by atoms with Crippen molar-refractivity contribution in [2.24, 2.45) is 0 Å². The number of aliphatic hydroxyl groups excluding tert-OH is 2. The monoisotopic (exact) mass is 804 g/mol. The van der Waals surface area contributed by atoms with Gasteiger partial charge in [-0.1, -0.05) is 218 Å². The summed E-state index contributed by atoms with van der Waals surface area (Å²) in [5.41, 5.74) is 0. The van der Waals surface area contributed by atoms with Crippen molar-refractivity contribution in [2.75, 3.05) is 13.2 Å². The summed E-state index contributed by atoms with van der Waals surface area (Å²) in [5.74, 6) is -0.0923. The molecule has 0 aliphatic carbocycles. The van der Waals surface area contributed by atoms with E-state index in [0.29, 0.717) is 19.4 Å². The first-order valence-corrected chi connectivity index (χ1v) is 25.1. The minimum Gasteiger partial charge on any atom is -0.466 e. The van der Waals surface area contributed by atoms with Gasteiger partial charge in [-0.3, -0.25) is 9.59 Å². The lowest BCUT2D eigenvalue weighted by molar-refractivity contribution is -0.143. The fraction of sp³-hybridized carbons (Fsp3) is 0.882. The molecule has 6 heteroatoms. The van der Waals surface area contributed by atoms with Crippen LogP contribution in [0.3, 0.4) is 0 Å². The zero-order valence-corrected chi connectivity index (χ0v) is 38.1. The third-order valence-electron chi connectivity index (χ3n) is 11.5. The third-order valence-corrected chi connectivity index (χ3v) is 11.5. The number of esters is 1. The van der Waals surface area contributed by atoms with E-state index in [0.717, 1.165) is 57.8 Å². The predicted octanol–water partition coefficient (Wildman–Crippen LogP) is 14.7. The molecule has 1 amide bonds. The van der Waals surface area contributed by atoms with Gasteiger partial charge >= 0.3 is 5.97 Å². The molecule has 0 rings (SSSR count). The molecule has 0 fully saturated rings. The first-order valence-electron chi connectivity index (χ1n) is 25.1. The van der Waals surface area contributed by atoms with Gasteiger partial charge in [-0.2, -0.15) is 0 Å². The maximum absolute atomic E-state index is 12.4. The van der Waals surface area contributed by atoms with Crippen LogP contribution in [-0.4, -0.2) is 47.4 Å². The van der Waals surface area contributed by atoms with Crippen LogP contribution >= 0.6 is 0 Å². The number of hydrogen-bond donors (Lipinski definition) is 3. The largest absolute Gasteiger partial charge is 0.466 e. The highest BCUT2D eigenvalue weighted by Crippen LogP contribution is 2.15. The van der Waals surface area contributed by atoms with Crippen molar-refractivity contribution in [2.45, 2.75) is 276 Å². The summed E-state index contributed by atoms with van der Waals surface area (Å²) in [4.78, 5) is 24.4. The topological polar surface area (TPSA) is 95.9 Å². The molecule has 3 N–H and O–H groups in total. The van der Waals surface area contributed by atoms with Crippen LogP contribution in [0, 0.1) is 0 Å². The van der Waals surface area contributed by atoms with E-state index in [1.165, 1.54) is 180 Å². The fourth-order valence-electron chi connectivity index (χ4n) is 7.57. The van der Waals surface area contributed by atoms with E-state index in [4.69, 9.17) is 4.74 Å². The second-order valence-corrected chi connectivity index (χ2v) is 17.1. The Balaban J connectivity index is 3.47. The Morgan fingerprint density at radius 2 is 0.825 bits per heavy atom. The number of amides is 1. The van der Waals surface area contributed by atoms with E-state index in [9.17, 15) is 19.8 Å². The summed E-state index contributed by atoms with van der Waals surface area (Å²) in [5, 5.41) is 23.0.